The van der Waals surface area contributed by atoms with E-state index in [1.807, 2.05) is 19.1 Å². The van der Waals surface area contributed by atoms with Crippen LogP contribution in [0.15, 0.2) is 18.2 Å². The van der Waals surface area contributed by atoms with Crippen LogP contribution in [0.3, 0.4) is 0 Å². The standard InChI is InChI=1S/C17H27NO3/c1-6-10-18-13(4)15-8-9-16(12(3)11-15)21-14(5)17(19)20-7-2/h8-9,11,13-14,18H,6-7,10H2,1-5H3. The molecule has 2 unspecified atom stereocenters. The highest BCUT2D eigenvalue weighted by atomic mass is 16.6. The zero-order valence-corrected chi connectivity index (χ0v) is 13.7. The van der Waals surface area contributed by atoms with Gasteiger partial charge in [-0.25, -0.2) is 4.79 Å². The molecule has 4 heteroatoms. The van der Waals surface area contributed by atoms with Gasteiger partial charge in [-0.2, -0.15) is 0 Å². The molecule has 0 saturated heterocycles. The molecule has 0 radical (unpaired) electrons. The molecule has 0 aromatic heterocycles. The summed E-state index contributed by atoms with van der Waals surface area (Å²) in [5, 5.41) is 3.46. The first-order valence-electron chi connectivity index (χ1n) is 7.66. The highest BCUT2D eigenvalue weighted by Crippen LogP contribution is 2.24. The smallest absolute Gasteiger partial charge is 0.347 e. The maximum Gasteiger partial charge on any atom is 0.347 e. The lowest BCUT2D eigenvalue weighted by molar-refractivity contribution is -0.150. The Morgan fingerprint density at radius 2 is 2.00 bits per heavy atom. The Morgan fingerprint density at radius 1 is 1.29 bits per heavy atom. The van der Waals surface area contributed by atoms with Crippen molar-refractivity contribution >= 4 is 5.97 Å². The summed E-state index contributed by atoms with van der Waals surface area (Å²) in [7, 11) is 0. The lowest BCUT2D eigenvalue weighted by atomic mass is 10.0. The Kier molecular flexibility index (Phi) is 7.23. The van der Waals surface area contributed by atoms with Gasteiger partial charge >= 0.3 is 5.97 Å². The topological polar surface area (TPSA) is 47.6 Å². The summed E-state index contributed by atoms with van der Waals surface area (Å²) in [6.07, 6.45) is 0.520. The van der Waals surface area contributed by atoms with Crippen molar-refractivity contribution in [3.05, 3.63) is 29.3 Å². The predicted octanol–water partition coefficient (Wildman–Crippen LogP) is 3.39. The van der Waals surface area contributed by atoms with Crippen LogP contribution in [-0.4, -0.2) is 25.2 Å². The number of nitrogens with one attached hydrogen (secondary N) is 1. The van der Waals surface area contributed by atoms with Crippen molar-refractivity contribution in [2.24, 2.45) is 0 Å². The molecule has 0 aliphatic rings. The van der Waals surface area contributed by atoms with E-state index in [9.17, 15) is 4.79 Å². The molecule has 0 saturated carbocycles. The summed E-state index contributed by atoms with van der Waals surface area (Å²) in [4.78, 5) is 11.6. The summed E-state index contributed by atoms with van der Waals surface area (Å²) in [5.74, 6) is 0.390. The molecule has 4 nitrogen and oxygen atoms in total. The van der Waals surface area contributed by atoms with Gasteiger partial charge in [0.2, 0.25) is 0 Å². The first-order valence-corrected chi connectivity index (χ1v) is 7.66. The number of aryl methyl sites for hydroxylation is 1. The van der Waals surface area contributed by atoms with Crippen molar-refractivity contribution in [1.29, 1.82) is 0 Å². The molecule has 0 spiro atoms. The molecular formula is C17H27NO3. The lowest BCUT2D eigenvalue weighted by Gasteiger charge is -2.18. The average Bonchev–Trinajstić information content (AvgIpc) is 2.46. The van der Waals surface area contributed by atoms with Gasteiger partial charge in [0.25, 0.3) is 0 Å². The number of hydrogen-bond donors (Lipinski definition) is 1. The summed E-state index contributed by atoms with van der Waals surface area (Å²) >= 11 is 0. The Hall–Kier alpha value is -1.55. The van der Waals surface area contributed by atoms with Gasteiger partial charge in [0.1, 0.15) is 5.75 Å². The number of carbonyl (C=O) groups excluding carboxylic acids is 1. The third-order valence-corrected chi connectivity index (χ3v) is 3.32. The zero-order chi connectivity index (χ0) is 15.8. The summed E-state index contributed by atoms with van der Waals surface area (Å²) in [5.41, 5.74) is 2.24. The molecule has 2 atom stereocenters. The van der Waals surface area contributed by atoms with Crippen LogP contribution >= 0.6 is 0 Å². The van der Waals surface area contributed by atoms with Gasteiger partial charge in [-0.15, -0.1) is 0 Å². The van der Waals surface area contributed by atoms with Crippen LogP contribution in [-0.2, 0) is 9.53 Å². The molecule has 118 valence electrons. The zero-order valence-electron chi connectivity index (χ0n) is 13.7. The van der Waals surface area contributed by atoms with Gasteiger partial charge in [-0.1, -0.05) is 19.1 Å². The van der Waals surface area contributed by atoms with Gasteiger partial charge in [-0.3, -0.25) is 0 Å². The van der Waals surface area contributed by atoms with Crippen LogP contribution in [0.1, 0.15) is 51.3 Å². The second kappa shape index (κ2) is 8.67. The molecule has 1 aromatic rings. The van der Waals surface area contributed by atoms with E-state index in [1.54, 1.807) is 13.8 Å². The van der Waals surface area contributed by atoms with Crippen molar-refractivity contribution < 1.29 is 14.3 Å². The van der Waals surface area contributed by atoms with Crippen LogP contribution in [0.4, 0.5) is 0 Å². The fraction of sp³-hybridized carbons (Fsp3) is 0.588. The third-order valence-electron chi connectivity index (χ3n) is 3.32. The Morgan fingerprint density at radius 3 is 2.57 bits per heavy atom. The monoisotopic (exact) mass is 293 g/mol. The van der Waals surface area contributed by atoms with E-state index in [-0.39, 0.29) is 5.97 Å². The van der Waals surface area contributed by atoms with Gasteiger partial charge in [0, 0.05) is 6.04 Å². The largest absolute Gasteiger partial charge is 0.479 e. The van der Waals surface area contributed by atoms with Gasteiger partial charge in [-0.05, 0) is 57.9 Å². The van der Waals surface area contributed by atoms with Crippen molar-refractivity contribution in [3.8, 4) is 5.75 Å². The quantitative estimate of drug-likeness (QED) is 0.746. The first-order chi connectivity index (χ1) is 9.99. The summed E-state index contributed by atoms with van der Waals surface area (Å²) in [6.45, 7) is 11.1. The van der Waals surface area contributed by atoms with E-state index in [1.165, 1.54) is 5.56 Å². The summed E-state index contributed by atoms with van der Waals surface area (Å²) < 4.78 is 10.6. The van der Waals surface area contributed by atoms with E-state index < -0.39 is 6.10 Å². The van der Waals surface area contributed by atoms with Crippen molar-refractivity contribution in [3.63, 3.8) is 0 Å². The maximum atomic E-state index is 11.6. The predicted molar refractivity (Wildman–Crippen MR) is 84.6 cm³/mol. The van der Waals surface area contributed by atoms with E-state index in [0.29, 0.717) is 12.6 Å². The molecule has 1 rings (SSSR count). The van der Waals surface area contributed by atoms with Gasteiger partial charge in [0.15, 0.2) is 6.10 Å². The number of hydrogen-bond acceptors (Lipinski definition) is 4. The SMILES string of the molecule is CCCNC(C)c1ccc(OC(C)C(=O)OCC)c(C)c1. The van der Waals surface area contributed by atoms with Crippen molar-refractivity contribution in [2.75, 3.05) is 13.2 Å². The number of ether oxygens (including phenoxy) is 2. The molecule has 21 heavy (non-hydrogen) atoms. The molecule has 0 heterocycles. The van der Waals surface area contributed by atoms with Crippen LogP contribution in [0, 0.1) is 6.92 Å². The van der Waals surface area contributed by atoms with Crippen LogP contribution in [0.25, 0.3) is 0 Å². The molecule has 1 aromatic carbocycles. The Bertz CT molecular complexity index is 459. The fourth-order valence-corrected chi connectivity index (χ4v) is 2.05. The normalized spacial score (nSPS) is 13.6. The summed E-state index contributed by atoms with van der Waals surface area (Å²) in [6, 6.07) is 6.36. The first kappa shape index (κ1) is 17.5. The number of rotatable bonds is 8. The Balaban J connectivity index is 2.72. The van der Waals surface area contributed by atoms with Crippen molar-refractivity contribution in [2.45, 2.75) is 53.2 Å². The number of esters is 1. The second-order valence-electron chi connectivity index (χ2n) is 5.21. The lowest BCUT2D eigenvalue weighted by Crippen LogP contribution is -2.26. The van der Waals surface area contributed by atoms with E-state index in [4.69, 9.17) is 9.47 Å². The van der Waals surface area contributed by atoms with E-state index >= 15 is 0 Å². The van der Waals surface area contributed by atoms with Crippen molar-refractivity contribution in [1.82, 2.24) is 5.32 Å². The second-order valence-corrected chi connectivity index (χ2v) is 5.21. The van der Waals surface area contributed by atoms with Crippen LogP contribution in [0.5, 0.6) is 5.75 Å². The molecule has 0 fully saturated rings. The molecular weight excluding hydrogens is 266 g/mol. The maximum absolute atomic E-state index is 11.6. The minimum atomic E-state index is -0.592. The van der Waals surface area contributed by atoms with Crippen LogP contribution < -0.4 is 10.1 Å². The Labute approximate surface area is 127 Å². The number of benzene rings is 1. The third kappa shape index (κ3) is 5.38. The van der Waals surface area contributed by atoms with Gasteiger partial charge in [0.05, 0.1) is 6.61 Å². The minimum Gasteiger partial charge on any atom is -0.479 e. The molecule has 0 amide bonds. The number of carbonyl (C=O) groups is 1. The highest BCUT2D eigenvalue weighted by molar-refractivity contribution is 5.74. The minimum absolute atomic E-state index is 0.306. The van der Waals surface area contributed by atoms with Gasteiger partial charge < -0.3 is 14.8 Å². The van der Waals surface area contributed by atoms with E-state index in [0.717, 1.165) is 24.3 Å². The average molecular weight is 293 g/mol. The molecule has 0 bridgehead atoms. The fourth-order valence-electron chi connectivity index (χ4n) is 2.05. The molecule has 0 aliphatic heterocycles. The highest BCUT2D eigenvalue weighted by Gasteiger charge is 2.17. The molecule has 0 aliphatic carbocycles. The van der Waals surface area contributed by atoms with Crippen LogP contribution in [0.2, 0.25) is 0 Å². The molecule has 1 N–H and O–H groups in total. The van der Waals surface area contributed by atoms with E-state index in [2.05, 4.69) is 25.2 Å².